The molecule has 1 heterocycles. The van der Waals surface area contributed by atoms with E-state index in [2.05, 4.69) is 0 Å². The molecule has 140 valence electrons. The lowest BCUT2D eigenvalue weighted by molar-refractivity contribution is -0.152. The van der Waals surface area contributed by atoms with Gasteiger partial charge in [-0.3, -0.25) is 0 Å². The molecule has 6 nitrogen and oxygen atoms in total. The Balaban J connectivity index is 1.71. The molecular weight excluding hydrogens is 372 g/mol. The van der Waals surface area contributed by atoms with Gasteiger partial charge in [-0.1, -0.05) is 11.6 Å². The molecule has 0 bridgehead atoms. The van der Waals surface area contributed by atoms with Crippen LogP contribution in [0.3, 0.4) is 0 Å². The number of fused-ring (bicyclic) bond motifs is 1. The summed E-state index contributed by atoms with van der Waals surface area (Å²) in [6.07, 6.45) is -0.822. The summed E-state index contributed by atoms with van der Waals surface area (Å²) in [6, 6.07) is 13.0. The summed E-state index contributed by atoms with van der Waals surface area (Å²) in [5, 5.41) is 1.23. The summed E-state index contributed by atoms with van der Waals surface area (Å²) in [7, 11) is 1.52. The third-order valence-electron chi connectivity index (χ3n) is 3.87. The average molecular weight is 389 g/mol. The quantitative estimate of drug-likeness (QED) is 0.470. The molecule has 0 aliphatic rings. The fourth-order valence-electron chi connectivity index (χ4n) is 2.49. The number of halogens is 1. The molecule has 3 aromatic rings. The standard InChI is InChI=1S/C20H17ClO6/c1-12(26-15-5-3-14(21)4-6-15)20(23)25-11-13-9-19(22)27-18-10-16(24-2)7-8-17(13)18/h3-10,12H,11H2,1-2H3/t12-/m0/s1. The van der Waals surface area contributed by atoms with Crippen molar-refractivity contribution in [3.63, 3.8) is 0 Å². The number of ether oxygens (including phenoxy) is 3. The molecule has 0 radical (unpaired) electrons. The van der Waals surface area contributed by atoms with E-state index in [1.165, 1.54) is 13.2 Å². The maximum Gasteiger partial charge on any atom is 0.347 e. The monoisotopic (exact) mass is 388 g/mol. The zero-order chi connectivity index (χ0) is 19.4. The van der Waals surface area contributed by atoms with Gasteiger partial charge in [0.05, 0.1) is 7.11 Å². The van der Waals surface area contributed by atoms with Crippen LogP contribution in [0.5, 0.6) is 11.5 Å². The molecule has 2 aromatic carbocycles. The molecule has 1 atom stereocenters. The first kappa shape index (κ1) is 18.8. The van der Waals surface area contributed by atoms with E-state index in [-0.39, 0.29) is 6.61 Å². The van der Waals surface area contributed by atoms with Crippen LogP contribution >= 0.6 is 11.6 Å². The van der Waals surface area contributed by atoms with E-state index in [0.29, 0.717) is 33.1 Å². The number of carbonyl (C=O) groups is 1. The average Bonchev–Trinajstić information content (AvgIpc) is 2.66. The maximum atomic E-state index is 12.2. The zero-order valence-electron chi connectivity index (χ0n) is 14.7. The fourth-order valence-corrected chi connectivity index (χ4v) is 2.61. The second kappa shape index (κ2) is 8.14. The molecule has 27 heavy (non-hydrogen) atoms. The number of benzene rings is 2. The molecule has 0 spiro atoms. The predicted octanol–water partition coefficient (Wildman–Crippen LogP) is 3.97. The van der Waals surface area contributed by atoms with Gasteiger partial charge in [0.2, 0.25) is 0 Å². The summed E-state index contributed by atoms with van der Waals surface area (Å²) in [5.41, 5.74) is 0.363. The van der Waals surface area contributed by atoms with Crippen LogP contribution in [0.15, 0.2) is 57.7 Å². The molecule has 0 amide bonds. The minimum atomic E-state index is -0.822. The van der Waals surface area contributed by atoms with Crippen molar-refractivity contribution in [1.29, 1.82) is 0 Å². The second-order valence-corrected chi connectivity index (χ2v) is 6.21. The number of rotatable bonds is 6. The smallest absolute Gasteiger partial charge is 0.347 e. The predicted molar refractivity (Wildman–Crippen MR) is 100 cm³/mol. The largest absolute Gasteiger partial charge is 0.497 e. The summed E-state index contributed by atoms with van der Waals surface area (Å²) in [4.78, 5) is 24.0. The van der Waals surface area contributed by atoms with Crippen molar-refractivity contribution < 1.29 is 23.4 Å². The minimum Gasteiger partial charge on any atom is -0.497 e. The van der Waals surface area contributed by atoms with Crippen molar-refractivity contribution in [1.82, 2.24) is 0 Å². The van der Waals surface area contributed by atoms with Crippen molar-refractivity contribution >= 4 is 28.5 Å². The van der Waals surface area contributed by atoms with Gasteiger partial charge in [0.15, 0.2) is 6.10 Å². The van der Waals surface area contributed by atoms with Crippen molar-refractivity contribution in [2.24, 2.45) is 0 Å². The van der Waals surface area contributed by atoms with E-state index >= 15 is 0 Å². The van der Waals surface area contributed by atoms with E-state index in [1.807, 2.05) is 0 Å². The lowest BCUT2D eigenvalue weighted by Crippen LogP contribution is -2.26. The van der Waals surface area contributed by atoms with Crippen molar-refractivity contribution in [3.05, 3.63) is 69.5 Å². The number of esters is 1. The summed E-state index contributed by atoms with van der Waals surface area (Å²) in [5.74, 6) is 0.506. The summed E-state index contributed by atoms with van der Waals surface area (Å²) < 4.78 is 21.1. The number of carbonyl (C=O) groups excluding carboxylic acids is 1. The van der Waals surface area contributed by atoms with Crippen LogP contribution in [-0.2, 0) is 16.1 Å². The van der Waals surface area contributed by atoms with Gasteiger partial charge >= 0.3 is 11.6 Å². The summed E-state index contributed by atoms with van der Waals surface area (Å²) in [6.45, 7) is 1.50. The summed E-state index contributed by atoms with van der Waals surface area (Å²) >= 11 is 5.82. The first-order valence-electron chi connectivity index (χ1n) is 8.16. The van der Waals surface area contributed by atoms with E-state index < -0.39 is 17.7 Å². The van der Waals surface area contributed by atoms with E-state index in [0.717, 1.165) is 0 Å². The highest BCUT2D eigenvalue weighted by Crippen LogP contribution is 2.23. The van der Waals surface area contributed by atoms with Gasteiger partial charge in [-0.05, 0) is 43.3 Å². The van der Waals surface area contributed by atoms with Gasteiger partial charge in [-0.25, -0.2) is 9.59 Å². The SMILES string of the molecule is COc1ccc2c(COC(=O)[C@H](C)Oc3ccc(Cl)cc3)cc(=O)oc2c1. The minimum absolute atomic E-state index is 0.0818. The Morgan fingerprint density at radius 3 is 2.52 bits per heavy atom. The molecule has 0 saturated heterocycles. The number of hydrogen-bond acceptors (Lipinski definition) is 6. The van der Waals surface area contributed by atoms with Crippen molar-refractivity contribution in [3.8, 4) is 11.5 Å². The van der Waals surface area contributed by atoms with Crippen LogP contribution < -0.4 is 15.1 Å². The van der Waals surface area contributed by atoms with Gasteiger partial charge in [0, 0.05) is 28.1 Å². The lowest BCUT2D eigenvalue weighted by atomic mass is 10.1. The Hall–Kier alpha value is -2.99. The molecule has 3 rings (SSSR count). The van der Waals surface area contributed by atoms with Crippen molar-refractivity contribution in [2.75, 3.05) is 7.11 Å². The number of methoxy groups -OCH3 is 1. The van der Waals surface area contributed by atoms with Crippen LogP contribution in [0, 0.1) is 0 Å². The fraction of sp³-hybridized carbons (Fsp3) is 0.200. The molecule has 0 fully saturated rings. The molecule has 7 heteroatoms. The molecule has 0 aliphatic carbocycles. The molecule has 0 saturated carbocycles. The van der Waals surface area contributed by atoms with Crippen LogP contribution in [-0.4, -0.2) is 19.2 Å². The molecule has 0 aliphatic heterocycles. The first-order valence-corrected chi connectivity index (χ1v) is 8.53. The first-order chi connectivity index (χ1) is 13.0. The van der Waals surface area contributed by atoms with Gasteiger partial charge < -0.3 is 18.6 Å². The highest BCUT2D eigenvalue weighted by Gasteiger charge is 2.17. The van der Waals surface area contributed by atoms with E-state index in [9.17, 15) is 9.59 Å². The van der Waals surface area contributed by atoms with Crippen LogP contribution in [0.4, 0.5) is 0 Å². The third-order valence-corrected chi connectivity index (χ3v) is 4.12. The Kier molecular flexibility index (Phi) is 5.66. The van der Waals surface area contributed by atoms with Gasteiger partial charge in [-0.15, -0.1) is 0 Å². The zero-order valence-corrected chi connectivity index (χ0v) is 15.5. The van der Waals surface area contributed by atoms with Gasteiger partial charge in [0.25, 0.3) is 0 Å². The highest BCUT2D eigenvalue weighted by molar-refractivity contribution is 6.30. The Morgan fingerprint density at radius 1 is 1.11 bits per heavy atom. The van der Waals surface area contributed by atoms with Crippen LogP contribution in [0.2, 0.25) is 5.02 Å². The van der Waals surface area contributed by atoms with E-state index in [4.69, 9.17) is 30.2 Å². The molecular formula is C20H17ClO6. The second-order valence-electron chi connectivity index (χ2n) is 5.77. The van der Waals surface area contributed by atoms with Gasteiger partial charge in [-0.2, -0.15) is 0 Å². The third kappa shape index (κ3) is 4.60. The topological polar surface area (TPSA) is 75.0 Å². The Labute approximate surface area is 160 Å². The Morgan fingerprint density at radius 2 is 1.81 bits per heavy atom. The molecule has 0 N–H and O–H groups in total. The lowest BCUT2D eigenvalue weighted by Gasteiger charge is -2.14. The van der Waals surface area contributed by atoms with Gasteiger partial charge in [0.1, 0.15) is 23.7 Å². The van der Waals surface area contributed by atoms with E-state index in [1.54, 1.807) is 49.4 Å². The molecule has 1 aromatic heterocycles. The molecule has 0 unspecified atom stereocenters. The number of hydrogen-bond donors (Lipinski definition) is 0. The maximum absolute atomic E-state index is 12.2. The normalized spacial score (nSPS) is 11.8. The Bertz CT molecular complexity index is 1010. The van der Waals surface area contributed by atoms with Crippen LogP contribution in [0.25, 0.3) is 11.0 Å². The van der Waals surface area contributed by atoms with Crippen LogP contribution in [0.1, 0.15) is 12.5 Å². The highest BCUT2D eigenvalue weighted by atomic mass is 35.5. The van der Waals surface area contributed by atoms with Crippen molar-refractivity contribution in [2.45, 2.75) is 19.6 Å².